The van der Waals surface area contributed by atoms with Crippen LogP contribution in [0.15, 0.2) is 54.2 Å². The van der Waals surface area contributed by atoms with Gasteiger partial charge in [-0.05, 0) is 31.0 Å². The smallest absolute Gasteiger partial charge is 0.278 e. The Labute approximate surface area is 171 Å². The average Bonchev–Trinajstić information content (AvgIpc) is 2.95. The van der Waals surface area contributed by atoms with Crippen LogP contribution in [-0.4, -0.2) is 43.6 Å². The maximum absolute atomic E-state index is 13.0. The Morgan fingerprint density at radius 1 is 1.00 bits per heavy atom. The zero-order valence-corrected chi connectivity index (χ0v) is 17.0. The van der Waals surface area contributed by atoms with Gasteiger partial charge in [0, 0.05) is 18.9 Å². The summed E-state index contributed by atoms with van der Waals surface area (Å²) in [7, 11) is 1.54. The molecule has 2 aromatic rings. The Bertz CT molecular complexity index is 919. The third-order valence-electron chi connectivity index (χ3n) is 4.60. The van der Waals surface area contributed by atoms with Gasteiger partial charge in [-0.3, -0.25) is 14.5 Å². The predicted octanol–water partition coefficient (Wildman–Crippen LogP) is 3.62. The second kappa shape index (κ2) is 9.39. The first-order valence-corrected chi connectivity index (χ1v) is 9.71. The molecule has 0 saturated carbocycles. The number of methoxy groups -OCH3 is 1. The first-order valence-electron chi connectivity index (χ1n) is 9.71. The van der Waals surface area contributed by atoms with Crippen molar-refractivity contribution in [1.82, 2.24) is 4.90 Å². The van der Waals surface area contributed by atoms with E-state index in [4.69, 9.17) is 9.47 Å². The van der Waals surface area contributed by atoms with Crippen molar-refractivity contribution in [3.8, 4) is 5.75 Å². The number of benzene rings is 2. The number of nitrogens with one attached hydrogen (secondary N) is 1. The number of anilines is 1. The predicted molar refractivity (Wildman–Crippen MR) is 113 cm³/mol. The van der Waals surface area contributed by atoms with E-state index in [0.717, 1.165) is 12.0 Å². The van der Waals surface area contributed by atoms with Gasteiger partial charge in [-0.25, -0.2) is 0 Å². The van der Waals surface area contributed by atoms with Crippen LogP contribution >= 0.6 is 0 Å². The molecule has 6 nitrogen and oxygen atoms in total. The summed E-state index contributed by atoms with van der Waals surface area (Å²) in [6.45, 7) is 5.12. The van der Waals surface area contributed by atoms with E-state index in [2.05, 4.69) is 5.32 Å². The molecule has 0 aliphatic carbocycles. The zero-order chi connectivity index (χ0) is 20.8. The monoisotopic (exact) mass is 394 g/mol. The third kappa shape index (κ3) is 4.66. The highest BCUT2D eigenvalue weighted by molar-refractivity contribution is 6.36. The molecule has 0 radical (unpaired) electrons. The van der Waals surface area contributed by atoms with E-state index in [1.165, 1.54) is 4.90 Å². The fourth-order valence-corrected chi connectivity index (χ4v) is 3.09. The van der Waals surface area contributed by atoms with Gasteiger partial charge in [0.15, 0.2) is 0 Å². The van der Waals surface area contributed by atoms with E-state index in [9.17, 15) is 9.59 Å². The molecule has 2 aromatic carbocycles. The molecular formula is C23H26N2O4. The molecule has 1 N–H and O–H groups in total. The first-order chi connectivity index (χ1) is 14.0. The van der Waals surface area contributed by atoms with E-state index < -0.39 is 0 Å². The van der Waals surface area contributed by atoms with Crippen LogP contribution in [-0.2, 0) is 14.3 Å². The molecule has 0 spiro atoms. The van der Waals surface area contributed by atoms with E-state index in [1.807, 2.05) is 62.4 Å². The van der Waals surface area contributed by atoms with Crippen LogP contribution in [0.2, 0.25) is 0 Å². The molecule has 29 heavy (non-hydrogen) atoms. The molecule has 0 saturated heterocycles. The van der Waals surface area contributed by atoms with E-state index >= 15 is 0 Å². The van der Waals surface area contributed by atoms with Crippen LogP contribution in [0.4, 0.5) is 5.69 Å². The van der Waals surface area contributed by atoms with Crippen molar-refractivity contribution in [1.29, 1.82) is 0 Å². The fraction of sp³-hybridized carbons (Fsp3) is 0.304. The molecule has 0 bridgehead atoms. The molecule has 3 rings (SSSR count). The van der Waals surface area contributed by atoms with Crippen molar-refractivity contribution in [3.63, 3.8) is 0 Å². The molecule has 2 amide bonds. The summed E-state index contributed by atoms with van der Waals surface area (Å²) in [5, 5.41) is 3.15. The van der Waals surface area contributed by atoms with E-state index in [-0.39, 0.29) is 30.7 Å². The summed E-state index contributed by atoms with van der Waals surface area (Å²) < 4.78 is 10.7. The molecule has 1 heterocycles. The SMILES string of the molecule is CCCOc1cccc(NC2=C(c3ccc(C)cc3)C(=O)N(CCOC)C2=O)c1. The summed E-state index contributed by atoms with van der Waals surface area (Å²) in [5.41, 5.74) is 3.11. The number of nitrogens with zero attached hydrogens (tertiary/aromatic N) is 1. The van der Waals surface area contributed by atoms with Gasteiger partial charge in [-0.1, -0.05) is 42.8 Å². The van der Waals surface area contributed by atoms with Gasteiger partial charge >= 0.3 is 0 Å². The molecule has 1 aliphatic heterocycles. The highest BCUT2D eigenvalue weighted by Gasteiger charge is 2.38. The molecule has 6 heteroatoms. The van der Waals surface area contributed by atoms with Gasteiger partial charge in [0.2, 0.25) is 0 Å². The number of rotatable bonds is 9. The number of ether oxygens (including phenoxy) is 2. The number of aryl methyl sites for hydroxylation is 1. The second-order valence-electron chi connectivity index (χ2n) is 6.87. The maximum Gasteiger partial charge on any atom is 0.278 e. The highest BCUT2D eigenvalue weighted by Crippen LogP contribution is 2.31. The van der Waals surface area contributed by atoms with E-state index in [1.54, 1.807) is 7.11 Å². The van der Waals surface area contributed by atoms with Crippen LogP contribution in [0.1, 0.15) is 24.5 Å². The number of amides is 2. The number of hydrogen-bond donors (Lipinski definition) is 1. The van der Waals surface area contributed by atoms with Crippen molar-refractivity contribution in [2.24, 2.45) is 0 Å². The van der Waals surface area contributed by atoms with Crippen LogP contribution in [0.25, 0.3) is 5.57 Å². The number of hydrogen-bond acceptors (Lipinski definition) is 5. The first kappa shape index (κ1) is 20.6. The Balaban J connectivity index is 1.97. The van der Waals surface area contributed by atoms with E-state index in [0.29, 0.717) is 29.2 Å². The molecular weight excluding hydrogens is 368 g/mol. The van der Waals surface area contributed by atoms with Crippen molar-refractivity contribution in [3.05, 3.63) is 65.4 Å². The third-order valence-corrected chi connectivity index (χ3v) is 4.60. The maximum atomic E-state index is 13.0. The fourth-order valence-electron chi connectivity index (χ4n) is 3.09. The Morgan fingerprint density at radius 3 is 2.45 bits per heavy atom. The molecule has 0 unspecified atom stereocenters. The van der Waals surface area contributed by atoms with Crippen molar-refractivity contribution in [2.45, 2.75) is 20.3 Å². The lowest BCUT2D eigenvalue weighted by atomic mass is 10.0. The van der Waals surface area contributed by atoms with Gasteiger partial charge in [0.25, 0.3) is 11.8 Å². The van der Waals surface area contributed by atoms with Crippen LogP contribution in [0.3, 0.4) is 0 Å². The lowest BCUT2D eigenvalue weighted by Crippen LogP contribution is -2.35. The highest BCUT2D eigenvalue weighted by atomic mass is 16.5. The van der Waals surface area contributed by atoms with Crippen molar-refractivity contribution in [2.75, 3.05) is 32.2 Å². The summed E-state index contributed by atoms with van der Waals surface area (Å²) in [5.74, 6) is 0.0293. The van der Waals surface area contributed by atoms with Crippen molar-refractivity contribution >= 4 is 23.1 Å². The van der Waals surface area contributed by atoms with Crippen molar-refractivity contribution < 1.29 is 19.1 Å². The number of carbonyl (C=O) groups excluding carboxylic acids is 2. The number of imide groups is 1. The molecule has 1 aliphatic rings. The summed E-state index contributed by atoms with van der Waals surface area (Å²) in [6, 6.07) is 14.9. The molecule has 152 valence electrons. The minimum absolute atomic E-state index is 0.203. The van der Waals surface area contributed by atoms with Gasteiger partial charge in [0.1, 0.15) is 11.4 Å². The van der Waals surface area contributed by atoms with Gasteiger partial charge < -0.3 is 14.8 Å². The Morgan fingerprint density at radius 2 is 1.76 bits per heavy atom. The quantitative estimate of drug-likeness (QED) is 0.658. The second-order valence-corrected chi connectivity index (χ2v) is 6.87. The molecule has 0 fully saturated rings. The summed E-state index contributed by atoms with van der Waals surface area (Å²) in [6.07, 6.45) is 0.905. The normalized spacial score (nSPS) is 14.0. The Kier molecular flexibility index (Phi) is 6.67. The topological polar surface area (TPSA) is 67.9 Å². The lowest BCUT2D eigenvalue weighted by Gasteiger charge is -2.14. The number of carbonyl (C=O) groups is 2. The van der Waals surface area contributed by atoms with Gasteiger partial charge in [-0.2, -0.15) is 0 Å². The zero-order valence-electron chi connectivity index (χ0n) is 17.0. The Hall–Kier alpha value is -3.12. The summed E-state index contributed by atoms with van der Waals surface area (Å²) >= 11 is 0. The van der Waals surface area contributed by atoms with Crippen LogP contribution in [0.5, 0.6) is 5.75 Å². The lowest BCUT2D eigenvalue weighted by molar-refractivity contribution is -0.137. The molecule has 0 aromatic heterocycles. The average molecular weight is 394 g/mol. The van der Waals surface area contributed by atoms with Gasteiger partial charge in [-0.15, -0.1) is 0 Å². The minimum atomic E-state index is -0.359. The standard InChI is InChI=1S/C23H26N2O4/c1-4-13-29-19-7-5-6-18(15-19)24-21-20(17-10-8-16(2)9-11-17)22(26)25(23(21)27)12-14-28-3/h5-11,15,24H,4,12-14H2,1-3H3. The van der Waals surface area contributed by atoms with Crippen LogP contribution in [0, 0.1) is 6.92 Å². The van der Waals surface area contributed by atoms with Gasteiger partial charge in [0.05, 0.1) is 25.3 Å². The molecule has 0 atom stereocenters. The minimum Gasteiger partial charge on any atom is -0.494 e. The van der Waals surface area contributed by atoms with Crippen LogP contribution < -0.4 is 10.1 Å². The largest absolute Gasteiger partial charge is 0.494 e. The summed E-state index contributed by atoms with van der Waals surface area (Å²) in [4.78, 5) is 27.3.